The maximum absolute atomic E-state index is 12.9. The number of methoxy groups -OCH3 is 2. The molecule has 0 fully saturated rings. The predicted molar refractivity (Wildman–Crippen MR) is 156 cm³/mol. The summed E-state index contributed by atoms with van der Waals surface area (Å²) in [6.45, 7) is 5.25. The van der Waals surface area contributed by atoms with Crippen LogP contribution in [0.1, 0.15) is 38.2 Å². The fraction of sp³-hybridized carbons (Fsp3) is 0.433. The summed E-state index contributed by atoms with van der Waals surface area (Å²) in [7, 11) is 2.62. The number of aliphatic imine (C=N–C) groups is 1. The minimum absolute atomic E-state index is 0.214. The average Bonchev–Trinajstić information content (AvgIpc) is 2.95. The monoisotopic (exact) mass is 616 g/mol. The molecule has 0 saturated heterocycles. The van der Waals surface area contributed by atoms with Crippen LogP contribution in [-0.2, 0) is 19.1 Å². The molecule has 216 valence electrons. The van der Waals surface area contributed by atoms with E-state index < -0.39 is 29.9 Å². The van der Waals surface area contributed by atoms with Crippen molar-refractivity contribution in [2.75, 3.05) is 40.5 Å². The van der Waals surface area contributed by atoms with E-state index >= 15 is 0 Å². The lowest BCUT2D eigenvalue weighted by molar-refractivity contribution is -0.143. The number of para-hydroxylation sites is 1. The number of esters is 2. The highest BCUT2D eigenvalue weighted by atomic mass is 79.9. The van der Waals surface area contributed by atoms with Gasteiger partial charge in [-0.25, -0.2) is 4.79 Å². The van der Waals surface area contributed by atoms with E-state index in [1.807, 2.05) is 48.5 Å². The smallest absolute Gasteiger partial charge is 0.336 e. The number of hydrogen-bond donors (Lipinski definition) is 2. The third-order valence-corrected chi connectivity index (χ3v) is 7.06. The standard InChI is InChI=1S/C30H37BrN2O7/c1-19-26(29(35)37-3)28(27(20(2)33-19)30(36)38-4)24-16-21(31)12-13-25(24)39-15-9-8-14-32-17-22(34)18-40-23-10-6-5-7-11-23/h5-7,10-13,16,22,26,28,32,34H,8-9,14-15,17-18H2,1-4H3. The van der Waals surface area contributed by atoms with Crippen LogP contribution in [-0.4, -0.2) is 69.4 Å². The number of nitrogens with one attached hydrogen (secondary N) is 1. The van der Waals surface area contributed by atoms with Crippen molar-refractivity contribution in [1.82, 2.24) is 5.32 Å². The second-order valence-corrected chi connectivity index (χ2v) is 10.4. The van der Waals surface area contributed by atoms with Crippen molar-refractivity contribution in [3.63, 3.8) is 0 Å². The maximum atomic E-state index is 12.9. The third-order valence-electron chi connectivity index (χ3n) is 6.57. The predicted octanol–water partition coefficient (Wildman–Crippen LogP) is 4.43. The van der Waals surface area contributed by atoms with Crippen molar-refractivity contribution in [1.29, 1.82) is 0 Å². The zero-order chi connectivity index (χ0) is 29.1. The van der Waals surface area contributed by atoms with Crippen LogP contribution >= 0.6 is 15.9 Å². The normalized spacial score (nSPS) is 17.6. The van der Waals surface area contributed by atoms with Crippen LogP contribution in [0.3, 0.4) is 0 Å². The van der Waals surface area contributed by atoms with Crippen LogP contribution in [0.4, 0.5) is 0 Å². The van der Waals surface area contributed by atoms with E-state index in [-0.39, 0.29) is 6.61 Å². The number of nitrogens with zero attached hydrogens (tertiary/aromatic N) is 1. The molecule has 0 aromatic heterocycles. The quantitative estimate of drug-likeness (QED) is 0.236. The number of benzene rings is 2. The Labute approximate surface area is 243 Å². The summed E-state index contributed by atoms with van der Waals surface area (Å²) in [5.41, 5.74) is 2.00. The van der Waals surface area contributed by atoms with Gasteiger partial charge in [-0.3, -0.25) is 9.79 Å². The first-order valence-electron chi connectivity index (χ1n) is 13.2. The number of halogens is 1. The van der Waals surface area contributed by atoms with Gasteiger partial charge in [0.1, 0.15) is 30.1 Å². The van der Waals surface area contributed by atoms with Gasteiger partial charge < -0.3 is 29.4 Å². The topological polar surface area (TPSA) is 116 Å². The summed E-state index contributed by atoms with van der Waals surface area (Å²) in [4.78, 5) is 30.2. The first kappa shape index (κ1) is 31.3. The van der Waals surface area contributed by atoms with Crippen LogP contribution in [0.5, 0.6) is 11.5 Å². The molecular weight excluding hydrogens is 580 g/mol. The van der Waals surface area contributed by atoms with Gasteiger partial charge in [-0.15, -0.1) is 0 Å². The first-order chi connectivity index (χ1) is 19.3. The summed E-state index contributed by atoms with van der Waals surface area (Å²) in [5, 5.41) is 13.4. The molecule has 0 saturated carbocycles. The van der Waals surface area contributed by atoms with E-state index in [9.17, 15) is 14.7 Å². The Morgan fingerprint density at radius 1 is 1.05 bits per heavy atom. The molecule has 2 aromatic rings. The number of hydrogen-bond acceptors (Lipinski definition) is 9. The van der Waals surface area contributed by atoms with Gasteiger partial charge in [0.2, 0.25) is 0 Å². The van der Waals surface area contributed by atoms with Gasteiger partial charge >= 0.3 is 11.9 Å². The van der Waals surface area contributed by atoms with Crippen LogP contribution < -0.4 is 14.8 Å². The molecule has 0 bridgehead atoms. The lowest BCUT2D eigenvalue weighted by Gasteiger charge is -2.32. The van der Waals surface area contributed by atoms with E-state index in [4.69, 9.17) is 18.9 Å². The molecule has 2 aromatic carbocycles. The summed E-state index contributed by atoms with van der Waals surface area (Å²) in [6.07, 6.45) is 0.959. The highest BCUT2D eigenvalue weighted by molar-refractivity contribution is 9.10. The Morgan fingerprint density at radius 3 is 2.50 bits per heavy atom. The van der Waals surface area contributed by atoms with Crippen LogP contribution in [0, 0.1) is 5.92 Å². The number of allylic oxidation sites excluding steroid dienone is 1. The molecule has 9 nitrogen and oxygen atoms in total. The summed E-state index contributed by atoms with van der Waals surface area (Å²) >= 11 is 3.52. The fourth-order valence-corrected chi connectivity index (χ4v) is 5.02. The molecule has 3 unspecified atom stereocenters. The lowest BCUT2D eigenvalue weighted by atomic mass is 9.75. The van der Waals surface area contributed by atoms with Gasteiger partial charge in [-0.2, -0.15) is 0 Å². The van der Waals surface area contributed by atoms with Gasteiger partial charge in [0.15, 0.2) is 0 Å². The van der Waals surface area contributed by atoms with Crippen molar-refractivity contribution in [3.8, 4) is 11.5 Å². The Kier molecular flexibility index (Phi) is 12.2. The number of ether oxygens (including phenoxy) is 4. The van der Waals surface area contributed by atoms with Crippen LogP contribution in [0.25, 0.3) is 0 Å². The zero-order valence-corrected chi connectivity index (χ0v) is 24.9. The molecule has 0 spiro atoms. The Morgan fingerprint density at radius 2 is 1.80 bits per heavy atom. The highest BCUT2D eigenvalue weighted by Crippen LogP contribution is 2.44. The van der Waals surface area contributed by atoms with E-state index in [2.05, 4.69) is 26.2 Å². The molecule has 0 amide bonds. The van der Waals surface area contributed by atoms with Crippen molar-refractivity contribution in [2.24, 2.45) is 10.9 Å². The molecule has 10 heteroatoms. The van der Waals surface area contributed by atoms with E-state index in [1.165, 1.54) is 14.2 Å². The minimum atomic E-state index is -0.805. The molecule has 3 rings (SSSR count). The number of aliphatic hydroxyl groups is 1. The van der Waals surface area contributed by atoms with Crippen LogP contribution in [0.15, 0.2) is 69.3 Å². The molecule has 1 heterocycles. The summed E-state index contributed by atoms with van der Waals surface area (Å²) in [6, 6.07) is 14.9. The van der Waals surface area contributed by atoms with Crippen molar-refractivity contribution in [2.45, 2.75) is 38.7 Å². The van der Waals surface area contributed by atoms with Gasteiger partial charge in [0.05, 0.1) is 26.4 Å². The largest absolute Gasteiger partial charge is 0.493 e. The van der Waals surface area contributed by atoms with Gasteiger partial charge in [0, 0.05) is 33.9 Å². The van der Waals surface area contributed by atoms with Gasteiger partial charge in [-0.1, -0.05) is 34.1 Å². The maximum Gasteiger partial charge on any atom is 0.336 e. The van der Waals surface area contributed by atoms with E-state index in [1.54, 1.807) is 13.8 Å². The first-order valence-corrected chi connectivity index (χ1v) is 14.0. The second-order valence-electron chi connectivity index (χ2n) is 9.44. The van der Waals surface area contributed by atoms with Crippen LogP contribution in [0.2, 0.25) is 0 Å². The highest BCUT2D eigenvalue weighted by Gasteiger charge is 2.43. The van der Waals surface area contributed by atoms with Crippen molar-refractivity contribution >= 4 is 33.6 Å². The Hall–Kier alpha value is -3.21. The molecular formula is C30H37BrN2O7. The van der Waals surface area contributed by atoms with E-state index in [0.29, 0.717) is 48.0 Å². The number of carbonyl (C=O) groups is 2. The number of rotatable bonds is 14. The third kappa shape index (κ3) is 8.39. The zero-order valence-electron chi connectivity index (χ0n) is 23.3. The lowest BCUT2D eigenvalue weighted by Crippen LogP contribution is -2.36. The molecule has 1 aliphatic rings. The van der Waals surface area contributed by atoms with Gasteiger partial charge in [0.25, 0.3) is 0 Å². The Bertz CT molecular complexity index is 1220. The molecule has 1 aliphatic heterocycles. The van der Waals surface area contributed by atoms with E-state index in [0.717, 1.165) is 23.1 Å². The minimum Gasteiger partial charge on any atom is -0.493 e. The second kappa shape index (κ2) is 15.5. The number of unbranched alkanes of at least 4 members (excludes halogenated alkanes) is 1. The summed E-state index contributed by atoms with van der Waals surface area (Å²) < 4.78 is 22.7. The van der Waals surface area contributed by atoms with Gasteiger partial charge in [-0.05, 0) is 63.6 Å². The fourth-order valence-electron chi connectivity index (χ4n) is 4.65. The average molecular weight is 618 g/mol. The van der Waals surface area contributed by atoms with Crippen molar-refractivity contribution in [3.05, 3.63) is 69.8 Å². The number of aliphatic hydroxyl groups excluding tert-OH is 1. The number of carbonyl (C=O) groups excluding carboxylic acids is 2. The van der Waals surface area contributed by atoms with Crippen molar-refractivity contribution < 1.29 is 33.6 Å². The SMILES string of the molecule is COC(=O)C1=C(C)N=C(C)C(C(=O)OC)C1c1cc(Br)ccc1OCCCCNCC(O)COc1ccccc1. The summed E-state index contributed by atoms with van der Waals surface area (Å²) in [5.74, 6) is -1.25. The Balaban J connectivity index is 1.60. The molecule has 40 heavy (non-hydrogen) atoms. The molecule has 0 radical (unpaired) electrons. The molecule has 0 aliphatic carbocycles. The molecule has 2 N–H and O–H groups in total. The molecule has 3 atom stereocenters.